The fourth-order valence-corrected chi connectivity index (χ4v) is 1.80. The zero-order chi connectivity index (χ0) is 12.4. The van der Waals surface area contributed by atoms with E-state index in [0.29, 0.717) is 18.0 Å². The van der Waals surface area contributed by atoms with Gasteiger partial charge in [-0.05, 0) is 12.5 Å². The third-order valence-electron chi connectivity index (χ3n) is 2.76. The number of hydrogen-bond donors (Lipinski definition) is 1. The van der Waals surface area contributed by atoms with E-state index in [1.165, 1.54) is 12.1 Å². The number of benzene rings is 1. The van der Waals surface area contributed by atoms with Crippen LogP contribution >= 0.6 is 0 Å². The van der Waals surface area contributed by atoms with E-state index in [9.17, 15) is 9.18 Å². The number of rotatable bonds is 3. The Bertz CT molecular complexity index is 448. The molecule has 0 atom stereocenters. The second-order valence-electron chi connectivity index (χ2n) is 4.03. The molecule has 92 valence electrons. The van der Waals surface area contributed by atoms with Crippen LogP contribution in [0.1, 0.15) is 19.8 Å². The second kappa shape index (κ2) is 4.61. The highest BCUT2D eigenvalue weighted by atomic mass is 19.1. The lowest BCUT2D eigenvalue weighted by molar-refractivity contribution is -0.121. The molecule has 0 aliphatic carbocycles. The minimum Gasteiger partial charge on any atom is -0.481 e. The summed E-state index contributed by atoms with van der Waals surface area (Å²) in [5.74, 6) is -0.252. The number of carbonyl (C=O) groups excluding carboxylic acids is 1. The summed E-state index contributed by atoms with van der Waals surface area (Å²) in [4.78, 5) is 13.3. The van der Waals surface area contributed by atoms with Crippen molar-refractivity contribution in [1.29, 1.82) is 0 Å². The second-order valence-corrected chi connectivity index (χ2v) is 4.03. The van der Waals surface area contributed by atoms with Crippen LogP contribution in [-0.4, -0.2) is 19.1 Å². The number of unbranched alkanes of at least 4 members (excludes halogenated alkanes) is 1. The van der Waals surface area contributed by atoms with Gasteiger partial charge < -0.3 is 15.4 Å². The van der Waals surface area contributed by atoms with Crippen LogP contribution in [0.3, 0.4) is 0 Å². The van der Waals surface area contributed by atoms with Crippen molar-refractivity contribution in [1.82, 2.24) is 0 Å². The molecule has 0 aromatic heterocycles. The summed E-state index contributed by atoms with van der Waals surface area (Å²) < 4.78 is 18.5. The Morgan fingerprint density at radius 1 is 1.53 bits per heavy atom. The highest BCUT2D eigenvalue weighted by Gasteiger charge is 2.26. The third-order valence-corrected chi connectivity index (χ3v) is 2.76. The van der Waals surface area contributed by atoms with E-state index in [2.05, 4.69) is 0 Å². The van der Waals surface area contributed by atoms with Gasteiger partial charge in [-0.2, -0.15) is 0 Å². The molecule has 1 aliphatic heterocycles. The largest absolute Gasteiger partial charge is 0.481 e. The SMILES string of the molecule is CCCCN1C(=O)COc2cc(F)c(N)cc21. The zero-order valence-corrected chi connectivity index (χ0v) is 9.70. The van der Waals surface area contributed by atoms with Gasteiger partial charge in [-0.1, -0.05) is 13.3 Å². The molecule has 2 N–H and O–H groups in total. The predicted octanol–water partition coefficient (Wildman–Crippen LogP) is 1.93. The normalized spacial score (nSPS) is 14.5. The molecule has 0 fully saturated rings. The van der Waals surface area contributed by atoms with Crippen LogP contribution in [-0.2, 0) is 4.79 Å². The molecular weight excluding hydrogens is 223 g/mol. The highest BCUT2D eigenvalue weighted by molar-refractivity contribution is 5.98. The van der Waals surface area contributed by atoms with Gasteiger partial charge in [0, 0.05) is 12.6 Å². The van der Waals surface area contributed by atoms with Crippen LogP contribution in [0.5, 0.6) is 5.75 Å². The Labute approximate surface area is 99.2 Å². The molecule has 0 saturated heterocycles. The van der Waals surface area contributed by atoms with Crippen LogP contribution in [0.4, 0.5) is 15.8 Å². The Hall–Kier alpha value is -1.78. The van der Waals surface area contributed by atoms with Crippen LogP contribution in [0, 0.1) is 5.82 Å². The van der Waals surface area contributed by atoms with Gasteiger partial charge in [-0.3, -0.25) is 4.79 Å². The van der Waals surface area contributed by atoms with Crippen molar-refractivity contribution in [2.24, 2.45) is 0 Å². The van der Waals surface area contributed by atoms with E-state index >= 15 is 0 Å². The number of halogens is 1. The quantitative estimate of drug-likeness (QED) is 0.819. The summed E-state index contributed by atoms with van der Waals surface area (Å²) in [5.41, 5.74) is 6.11. The molecule has 1 aliphatic rings. The Balaban J connectivity index is 2.36. The number of anilines is 2. The van der Waals surface area contributed by atoms with Gasteiger partial charge in [0.25, 0.3) is 5.91 Å². The van der Waals surface area contributed by atoms with Gasteiger partial charge in [0.2, 0.25) is 0 Å². The van der Waals surface area contributed by atoms with Gasteiger partial charge in [-0.15, -0.1) is 0 Å². The topological polar surface area (TPSA) is 55.6 Å². The number of nitrogens with zero attached hydrogens (tertiary/aromatic N) is 1. The van der Waals surface area contributed by atoms with E-state index in [-0.39, 0.29) is 18.2 Å². The van der Waals surface area contributed by atoms with Crippen LogP contribution in [0.2, 0.25) is 0 Å². The minimum atomic E-state index is -0.520. The van der Waals surface area contributed by atoms with Gasteiger partial charge in [-0.25, -0.2) is 4.39 Å². The summed E-state index contributed by atoms with van der Waals surface area (Å²) in [7, 11) is 0. The lowest BCUT2D eigenvalue weighted by Gasteiger charge is -2.29. The lowest BCUT2D eigenvalue weighted by Crippen LogP contribution is -2.39. The van der Waals surface area contributed by atoms with Gasteiger partial charge in [0.05, 0.1) is 11.4 Å². The Morgan fingerprint density at radius 2 is 2.29 bits per heavy atom. The van der Waals surface area contributed by atoms with Crippen molar-refractivity contribution in [2.45, 2.75) is 19.8 Å². The van der Waals surface area contributed by atoms with Gasteiger partial charge in [0.1, 0.15) is 11.6 Å². The molecule has 1 aromatic carbocycles. The Morgan fingerprint density at radius 3 is 3.00 bits per heavy atom. The zero-order valence-electron chi connectivity index (χ0n) is 9.70. The highest BCUT2D eigenvalue weighted by Crippen LogP contribution is 2.35. The maximum absolute atomic E-state index is 13.3. The molecule has 1 aromatic rings. The van der Waals surface area contributed by atoms with Crippen LogP contribution in [0.15, 0.2) is 12.1 Å². The average Bonchev–Trinajstić information content (AvgIpc) is 2.30. The van der Waals surface area contributed by atoms with Gasteiger partial charge in [0.15, 0.2) is 6.61 Å². The van der Waals surface area contributed by atoms with E-state index in [4.69, 9.17) is 10.5 Å². The fourth-order valence-electron chi connectivity index (χ4n) is 1.80. The summed E-state index contributed by atoms with van der Waals surface area (Å²) in [6.07, 6.45) is 1.87. The molecule has 17 heavy (non-hydrogen) atoms. The first-order chi connectivity index (χ1) is 8.13. The minimum absolute atomic E-state index is 0.0311. The van der Waals surface area contributed by atoms with Crippen molar-refractivity contribution in [3.05, 3.63) is 17.9 Å². The van der Waals surface area contributed by atoms with Crippen molar-refractivity contribution in [2.75, 3.05) is 23.8 Å². The number of carbonyl (C=O) groups is 1. The molecule has 2 rings (SSSR count). The molecular formula is C12H15FN2O2. The maximum atomic E-state index is 13.3. The molecule has 0 bridgehead atoms. The third kappa shape index (κ3) is 2.18. The van der Waals surface area contributed by atoms with Crippen molar-refractivity contribution in [3.63, 3.8) is 0 Å². The Kier molecular flexibility index (Phi) is 3.17. The standard InChI is InChI=1S/C12H15FN2O2/c1-2-3-4-15-10-6-9(14)8(13)5-11(10)17-7-12(15)16/h5-6H,2-4,7,14H2,1H3. The summed E-state index contributed by atoms with van der Waals surface area (Å²) in [5, 5.41) is 0. The van der Waals surface area contributed by atoms with E-state index in [1.807, 2.05) is 6.92 Å². The molecule has 0 radical (unpaired) electrons. The molecule has 0 saturated carbocycles. The molecule has 5 heteroatoms. The fraction of sp³-hybridized carbons (Fsp3) is 0.417. The van der Waals surface area contributed by atoms with Crippen molar-refractivity contribution >= 4 is 17.3 Å². The number of nitrogen functional groups attached to an aromatic ring is 1. The molecule has 0 spiro atoms. The van der Waals surface area contributed by atoms with Crippen LogP contribution < -0.4 is 15.4 Å². The first-order valence-electron chi connectivity index (χ1n) is 5.65. The molecule has 0 unspecified atom stereocenters. The van der Waals surface area contributed by atoms with E-state index < -0.39 is 5.82 Å². The van der Waals surface area contributed by atoms with Crippen molar-refractivity contribution < 1.29 is 13.9 Å². The summed E-state index contributed by atoms with van der Waals surface area (Å²) in [6.45, 7) is 2.61. The average molecular weight is 238 g/mol. The van der Waals surface area contributed by atoms with E-state index in [1.54, 1.807) is 4.90 Å². The number of nitrogens with two attached hydrogens (primary N) is 1. The predicted molar refractivity (Wildman–Crippen MR) is 63.6 cm³/mol. The number of hydrogen-bond acceptors (Lipinski definition) is 3. The van der Waals surface area contributed by atoms with Crippen LogP contribution in [0.25, 0.3) is 0 Å². The van der Waals surface area contributed by atoms with Crippen molar-refractivity contribution in [3.8, 4) is 5.75 Å². The first kappa shape index (κ1) is 11.7. The molecule has 4 nitrogen and oxygen atoms in total. The molecule has 1 heterocycles. The number of fused-ring (bicyclic) bond motifs is 1. The summed E-state index contributed by atoms with van der Waals surface area (Å²) >= 11 is 0. The van der Waals surface area contributed by atoms with Gasteiger partial charge >= 0.3 is 0 Å². The maximum Gasteiger partial charge on any atom is 0.265 e. The number of ether oxygens (including phenoxy) is 1. The molecule has 1 amide bonds. The number of amides is 1. The smallest absolute Gasteiger partial charge is 0.265 e. The lowest BCUT2D eigenvalue weighted by atomic mass is 10.2. The first-order valence-corrected chi connectivity index (χ1v) is 5.65. The summed E-state index contributed by atoms with van der Waals surface area (Å²) in [6, 6.07) is 2.69. The van der Waals surface area contributed by atoms with E-state index in [0.717, 1.165) is 12.8 Å². The monoisotopic (exact) mass is 238 g/mol.